The van der Waals surface area contributed by atoms with Gasteiger partial charge in [0.25, 0.3) is 0 Å². The molecule has 0 saturated heterocycles. The number of thioether (sulfide) groups is 1. The van der Waals surface area contributed by atoms with E-state index in [0.29, 0.717) is 10.9 Å². The predicted molar refractivity (Wildman–Crippen MR) is 115 cm³/mol. The van der Waals surface area contributed by atoms with Crippen LogP contribution >= 0.6 is 23.1 Å². The van der Waals surface area contributed by atoms with Crippen molar-refractivity contribution in [3.8, 4) is 17.0 Å². The minimum atomic E-state index is -0.0253. The highest BCUT2D eigenvalue weighted by Crippen LogP contribution is 2.31. The number of nitrogens with one attached hydrogen (secondary N) is 1. The average molecular weight is 399 g/mol. The summed E-state index contributed by atoms with van der Waals surface area (Å²) < 4.78 is 5.19. The van der Waals surface area contributed by atoms with Gasteiger partial charge in [-0.05, 0) is 43.7 Å². The SMILES string of the molecule is COc1ccc(-c2nc(NC(=O)CSCc3cccc(C)c3)sc2C)cc1. The maximum absolute atomic E-state index is 12.2. The van der Waals surface area contributed by atoms with E-state index in [4.69, 9.17) is 4.74 Å². The molecule has 0 unspecified atom stereocenters. The largest absolute Gasteiger partial charge is 0.497 e. The lowest BCUT2D eigenvalue weighted by atomic mass is 10.1. The maximum Gasteiger partial charge on any atom is 0.236 e. The average Bonchev–Trinajstić information content (AvgIpc) is 3.02. The van der Waals surface area contributed by atoms with Gasteiger partial charge in [0.2, 0.25) is 5.91 Å². The van der Waals surface area contributed by atoms with Crippen LogP contribution in [0.5, 0.6) is 5.75 Å². The molecule has 1 N–H and O–H groups in total. The normalized spacial score (nSPS) is 10.6. The summed E-state index contributed by atoms with van der Waals surface area (Å²) in [5, 5.41) is 3.55. The van der Waals surface area contributed by atoms with Gasteiger partial charge in [-0.3, -0.25) is 4.79 Å². The molecule has 0 bridgehead atoms. The molecule has 0 aliphatic heterocycles. The molecule has 1 heterocycles. The van der Waals surface area contributed by atoms with E-state index in [1.165, 1.54) is 22.5 Å². The molecule has 0 spiro atoms. The topological polar surface area (TPSA) is 51.2 Å². The van der Waals surface area contributed by atoms with Crippen LogP contribution in [0.2, 0.25) is 0 Å². The number of thiazole rings is 1. The molecule has 3 rings (SSSR count). The number of amides is 1. The van der Waals surface area contributed by atoms with E-state index >= 15 is 0 Å². The van der Waals surface area contributed by atoms with E-state index in [1.54, 1.807) is 18.9 Å². The number of rotatable bonds is 7. The zero-order chi connectivity index (χ0) is 19.2. The summed E-state index contributed by atoms with van der Waals surface area (Å²) in [6.07, 6.45) is 0. The highest BCUT2D eigenvalue weighted by atomic mass is 32.2. The Bertz CT molecular complexity index is 920. The van der Waals surface area contributed by atoms with Crippen LogP contribution in [0.15, 0.2) is 48.5 Å². The van der Waals surface area contributed by atoms with Crippen molar-refractivity contribution in [1.29, 1.82) is 0 Å². The van der Waals surface area contributed by atoms with E-state index < -0.39 is 0 Å². The monoisotopic (exact) mass is 398 g/mol. The molecular weight excluding hydrogens is 376 g/mol. The zero-order valence-corrected chi connectivity index (χ0v) is 17.2. The molecule has 4 nitrogen and oxygen atoms in total. The number of nitrogens with zero attached hydrogens (tertiary/aromatic N) is 1. The van der Waals surface area contributed by atoms with Crippen molar-refractivity contribution in [2.24, 2.45) is 0 Å². The lowest BCUT2D eigenvalue weighted by Gasteiger charge is -2.03. The van der Waals surface area contributed by atoms with E-state index in [2.05, 4.69) is 35.4 Å². The summed E-state index contributed by atoms with van der Waals surface area (Å²) in [4.78, 5) is 17.9. The molecule has 140 valence electrons. The molecule has 6 heteroatoms. The van der Waals surface area contributed by atoms with Crippen LogP contribution < -0.4 is 10.1 Å². The first-order valence-electron chi connectivity index (χ1n) is 8.60. The molecule has 0 aliphatic carbocycles. The van der Waals surface area contributed by atoms with E-state index in [9.17, 15) is 4.79 Å². The highest BCUT2D eigenvalue weighted by Gasteiger charge is 2.12. The van der Waals surface area contributed by atoms with Gasteiger partial charge in [0.1, 0.15) is 5.75 Å². The quantitative estimate of drug-likeness (QED) is 0.586. The number of carbonyl (C=O) groups is 1. The van der Waals surface area contributed by atoms with Gasteiger partial charge in [0.15, 0.2) is 5.13 Å². The van der Waals surface area contributed by atoms with Gasteiger partial charge in [-0.25, -0.2) is 4.98 Å². The molecule has 1 aromatic heterocycles. The number of hydrogen-bond acceptors (Lipinski definition) is 5. The predicted octanol–water partition coefficient (Wildman–Crippen LogP) is 5.31. The molecule has 2 aromatic carbocycles. The van der Waals surface area contributed by atoms with Gasteiger partial charge in [-0.1, -0.05) is 29.8 Å². The lowest BCUT2D eigenvalue weighted by Crippen LogP contribution is -2.13. The van der Waals surface area contributed by atoms with Crippen molar-refractivity contribution < 1.29 is 9.53 Å². The summed E-state index contributed by atoms with van der Waals surface area (Å²) in [5.74, 6) is 2.02. The number of methoxy groups -OCH3 is 1. The van der Waals surface area contributed by atoms with Gasteiger partial charge in [-0.2, -0.15) is 0 Å². The Morgan fingerprint density at radius 2 is 1.96 bits per heavy atom. The van der Waals surface area contributed by atoms with Crippen molar-refractivity contribution >= 4 is 34.1 Å². The number of aromatic nitrogens is 1. The van der Waals surface area contributed by atoms with Crippen LogP contribution in [0.1, 0.15) is 16.0 Å². The van der Waals surface area contributed by atoms with Crippen LogP contribution in [0.25, 0.3) is 11.3 Å². The molecular formula is C21H22N2O2S2. The molecule has 1 amide bonds. The van der Waals surface area contributed by atoms with Crippen LogP contribution in [0, 0.1) is 13.8 Å². The standard InChI is InChI=1S/C21H22N2O2S2/c1-14-5-4-6-16(11-14)12-26-13-19(24)22-21-23-20(15(2)27-21)17-7-9-18(25-3)10-8-17/h4-11H,12-13H2,1-3H3,(H,22,23,24). The summed E-state index contributed by atoms with van der Waals surface area (Å²) >= 11 is 3.10. The first kappa shape index (κ1) is 19.5. The summed E-state index contributed by atoms with van der Waals surface area (Å²) in [6, 6.07) is 16.1. The second-order valence-electron chi connectivity index (χ2n) is 6.18. The second kappa shape index (κ2) is 9.06. The minimum Gasteiger partial charge on any atom is -0.497 e. The van der Waals surface area contributed by atoms with Crippen molar-refractivity contribution in [3.05, 3.63) is 64.5 Å². The Morgan fingerprint density at radius 3 is 2.67 bits per heavy atom. The highest BCUT2D eigenvalue weighted by molar-refractivity contribution is 7.99. The Kier molecular flexibility index (Phi) is 6.53. The zero-order valence-electron chi connectivity index (χ0n) is 15.6. The van der Waals surface area contributed by atoms with Gasteiger partial charge in [-0.15, -0.1) is 23.1 Å². The molecule has 0 fully saturated rings. The first-order valence-corrected chi connectivity index (χ1v) is 10.6. The molecule has 0 atom stereocenters. The number of anilines is 1. The minimum absolute atomic E-state index is 0.0253. The summed E-state index contributed by atoms with van der Waals surface area (Å²) in [5.41, 5.74) is 4.38. The van der Waals surface area contributed by atoms with Gasteiger partial charge in [0.05, 0.1) is 18.6 Å². The van der Waals surface area contributed by atoms with E-state index in [0.717, 1.165) is 27.6 Å². The Labute approximate surface area is 168 Å². The number of hydrogen-bond donors (Lipinski definition) is 1. The number of carbonyl (C=O) groups excluding carboxylic acids is 1. The number of benzene rings is 2. The summed E-state index contributed by atoms with van der Waals surface area (Å²) in [7, 11) is 1.65. The third-order valence-corrected chi connectivity index (χ3v) is 5.88. The second-order valence-corrected chi connectivity index (χ2v) is 8.37. The third-order valence-electron chi connectivity index (χ3n) is 3.99. The first-order chi connectivity index (χ1) is 13.0. The van der Waals surface area contributed by atoms with Gasteiger partial charge < -0.3 is 10.1 Å². The van der Waals surface area contributed by atoms with E-state index in [1.807, 2.05) is 37.3 Å². The Hall–Kier alpha value is -2.31. The third kappa shape index (κ3) is 5.34. The molecule has 27 heavy (non-hydrogen) atoms. The van der Waals surface area contributed by atoms with Crippen molar-refractivity contribution in [3.63, 3.8) is 0 Å². The van der Waals surface area contributed by atoms with Crippen molar-refractivity contribution in [1.82, 2.24) is 4.98 Å². The molecule has 0 aliphatic rings. The fourth-order valence-corrected chi connectivity index (χ4v) is 4.31. The maximum atomic E-state index is 12.2. The molecule has 0 radical (unpaired) electrons. The van der Waals surface area contributed by atoms with Crippen LogP contribution in [0.3, 0.4) is 0 Å². The summed E-state index contributed by atoms with van der Waals surface area (Å²) in [6.45, 7) is 4.09. The number of aryl methyl sites for hydroxylation is 2. The van der Waals surface area contributed by atoms with Gasteiger partial charge in [0, 0.05) is 16.2 Å². The van der Waals surface area contributed by atoms with Crippen LogP contribution in [0.4, 0.5) is 5.13 Å². The van der Waals surface area contributed by atoms with Crippen molar-refractivity contribution in [2.45, 2.75) is 19.6 Å². The van der Waals surface area contributed by atoms with Crippen molar-refractivity contribution in [2.75, 3.05) is 18.2 Å². The fourth-order valence-electron chi connectivity index (χ4n) is 2.69. The smallest absolute Gasteiger partial charge is 0.236 e. The lowest BCUT2D eigenvalue weighted by molar-refractivity contribution is -0.113. The van der Waals surface area contributed by atoms with Gasteiger partial charge >= 0.3 is 0 Å². The Balaban J connectivity index is 1.56. The number of ether oxygens (including phenoxy) is 1. The molecule has 3 aromatic rings. The molecule has 0 saturated carbocycles. The Morgan fingerprint density at radius 1 is 1.19 bits per heavy atom. The van der Waals surface area contributed by atoms with E-state index in [-0.39, 0.29) is 5.91 Å². The van der Waals surface area contributed by atoms with Crippen LogP contribution in [-0.4, -0.2) is 23.8 Å². The fraction of sp³-hybridized carbons (Fsp3) is 0.238. The van der Waals surface area contributed by atoms with Crippen LogP contribution in [-0.2, 0) is 10.5 Å².